The standard InChI is InChI=1S/C22H28FN5O2.C12H11FN2O/c1-16(17-6-8-18(23)9-7-17)28-15-25-14-19(28)20(24-5)26-10-12-27(13-11-26)21(29)30-22(2,3)4;1-9(10-2-4-11(13)5-3-10)15-8-14-6-12(15)7-16/h6-9,14-16,20H,10-13H2,1-4H3;2-9H,1H3/t16-,20?;9-/m11/s1. The van der Waals surface area contributed by atoms with Crippen molar-refractivity contribution in [1.82, 2.24) is 28.9 Å². The number of imidazole rings is 2. The Bertz CT molecular complexity index is 1630. The summed E-state index contributed by atoms with van der Waals surface area (Å²) in [5, 5.41) is 0. The van der Waals surface area contributed by atoms with Crippen LogP contribution in [0.2, 0.25) is 0 Å². The van der Waals surface area contributed by atoms with Gasteiger partial charge in [-0.3, -0.25) is 9.64 Å². The van der Waals surface area contributed by atoms with Gasteiger partial charge in [-0.15, -0.1) is 0 Å². The van der Waals surface area contributed by atoms with Gasteiger partial charge in [0.05, 0.1) is 37.1 Å². The molecule has 0 N–H and O–H groups in total. The van der Waals surface area contributed by atoms with E-state index in [0.29, 0.717) is 31.9 Å². The van der Waals surface area contributed by atoms with Crippen LogP contribution in [0.5, 0.6) is 0 Å². The van der Waals surface area contributed by atoms with E-state index in [1.165, 1.54) is 30.5 Å². The summed E-state index contributed by atoms with van der Waals surface area (Å²) in [4.78, 5) is 38.8. The van der Waals surface area contributed by atoms with E-state index in [9.17, 15) is 18.4 Å². The Morgan fingerprint density at radius 2 is 1.37 bits per heavy atom. The van der Waals surface area contributed by atoms with Gasteiger partial charge in [0.1, 0.15) is 28.6 Å². The Morgan fingerprint density at radius 3 is 1.87 bits per heavy atom. The summed E-state index contributed by atoms with van der Waals surface area (Å²) in [6.07, 6.45) is 6.45. The highest BCUT2D eigenvalue weighted by atomic mass is 19.1. The van der Waals surface area contributed by atoms with Gasteiger partial charge < -0.3 is 18.8 Å². The van der Waals surface area contributed by atoms with E-state index in [2.05, 4.69) is 19.7 Å². The van der Waals surface area contributed by atoms with Gasteiger partial charge in [0, 0.05) is 26.2 Å². The first-order valence-corrected chi connectivity index (χ1v) is 15.0. The molecule has 10 nitrogen and oxygen atoms in total. The lowest BCUT2D eigenvalue weighted by Crippen LogP contribution is -2.50. The molecule has 0 spiro atoms. The molecule has 2 aromatic carbocycles. The zero-order valence-corrected chi connectivity index (χ0v) is 26.7. The van der Waals surface area contributed by atoms with Crippen molar-refractivity contribution in [3.05, 3.63) is 119 Å². The minimum absolute atomic E-state index is 0.0386. The van der Waals surface area contributed by atoms with E-state index in [-0.39, 0.29) is 29.8 Å². The van der Waals surface area contributed by atoms with Crippen molar-refractivity contribution in [3.63, 3.8) is 0 Å². The van der Waals surface area contributed by atoms with Crippen LogP contribution in [-0.2, 0) is 4.74 Å². The van der Waals surface area contributed by atoms with Crippen LogP contribution in [0, 0.1) is 18.2 Å². The summed E-state index contributed by atoms with van der Waals surface area (Å²) in [5.41, 5.74) is 2.64. The lowest BCUT2D eigenvalue weighted by molar-refractivity contribution is 0.0118. The molecule has 0 bridgehead atoms. The number of aldehydes is 1. The first kappa shape index (κ1) is 34.0. The highest BCUT2D eigenvalue weighted by molar-refractivity contribution is 5.71. The molecule has 4 aromatic rings. The SMILES string of the molecule is C[C@H](c1ccc(F)cc1)n1cncc1C=O.[C-]#[N+]C(c1cncn1[C@H](C)c1ccc(F)cc1)N1CCN(C(=O)OC(C)(C)C)CC1. The summed E-state index contributed by atoms with van der Waals surface area (Å²) < 4.78 is 35.2. The molecule has 0 radical (unpaired) electrons. The second kappa shape index (κ2) is 14.9. The van der Waals surface area contributed by atoms with Gasteiger partial charge in [-0.2, -0.15) is 0 Å². The van der Waals surface area contributed by atoms with Gasteiger partial charge in [-0.1, -0.05) is 24.3 Å². The monoisotopic (exact) mass is 631 g/mol. The van der Waals surface area contributed by atoms with Crippen LogP contribution >= 0.6 is 0 Å². The molecule has 12 heteroatoms. The Labute approximate surface area is 268 Å². The first-order valence-electron chi connectivity index (χ1n) is 15.0. The number of carbonyl (C=O) groups is 2. The first-order chi connectivity index (χ1) is 21.9. The molecule has 1 amide bonds. The van der Waals surface area contributed by atoms with Crippen molar-refractivity contribution in [2.45, 2.75) is 58.5 Å². The molecule has 1 unspecified atom stereocenters. The minimum atomic E-state index is -0.531. The van der Waals surface area contributed by atoms with Crippen LogP contribution in [0.1, 0.15) is 80.2 Å². The number of piperazine rings is 1. The fourth-order valence-electron chi connectivity index (χ4n) is 5.18. The molecular weight excluding hydrogens is 592 g/mol. The third kappa shape index (κ3) is 8.43. The van der Waals surface area contributed by atoms with Gasteiger partial charge in [-0.25, -0.2) is 35.0 Å². The van der Waals surface area contributed by atoms with Crippen molar-refractivity contribution in [2.24, 2.45) is 0 Å². The average molecular weight is 632 g/mol. The average Bonchev–Trinajstić information content (AvgIpc) is 3.72. The maximum atomic E-state index is 13.3. The molecule has 2 aromatic heterocycles. The maximum Gasteiger partial charge on any atom is 0.410 e. The smallest absolute Gasteiger partial charge is 0.410 e. The highest BCUT2D eigenvalue weighted by Gasteiger charge is 2.34. The van der Waals surface area contributed by atoms with Crippen molar-refractivity contribution in [1.29, 1.82) is 0 Å². The van der Waals surface area contributed by atoms with Crippen molar-refractivity contribution in [2.75, 3.05) is 26.2 Å². The van der Waals surface area contributed by atoms with Crippen LogP contribution in [0.25, 0.3) is 4.85 Å². The zero-order valence-electron chi connectivity index (χ0n) is 26.7. The highest BCUT2D eigenvalue weighted by Crippen LogP contribution is 2.29. The van der Waals surface area contributed by atoms with Gasteiger partial charge >= 0.3 is 12.3 Å². The zero-order chi connectivity index (χ0) is 33.4. The van der Waals surface area contributed by atoms with Gasteiger partial charge in [-0.05, 0) is 70.0 Å². The second-order valence-corrected chi connectivity index (χ2v) is 12.0. The van der Waals surface area contributed by atoms with Crippen molar-refractivity contribution < 1.29 is 23.1 Å². The van der Waals surface area contributed by atoms with E-state index in [1.54, 1.807) is 52.6 Å². The van der Waals surface area contributed by atoms with Gasteiger partial charge in [0.15, 0.2) is 6.29 Å². The van der Waals surface area contributed by atoms with E-state index in [0.717, 1.165) is 23.1 Å². The number of hydrogen-bond donors (Lipinski definition) is 0. The Morgan fingerprint density at radius 1 is 0.870 bits per heavy atom. The summed E-state index contributed by atoms with van der Waals surface area (Å²) in [6.45, 7) is 19.4. The summed E-state index contributed by atoms with van der Waals surface area (Å²) in [7, 11) is 0. The Balaban J connectivity index is 0.000000252. The van der Waals surface area contributed by atoms with E-state index in [1.807, 2.05) is 39.2 Å². The van der Waals surface area contributed by atoms with E-state index in [4.69, 9.17) is 11.3 Å². The van der Waals surface area contributed by atoms with Gasteiger partial charge in [0.2, 0.25) is 0 Å². The van der Waals surface area contributed by atoms with Gasteiger partial charge in [0.25, 0.3) is 0 Å². The van der Waals surface area contributed by atoms with Crippen LogP contribution in [0.15, 0.2) is 73.6 Å². The number of hydrogen-bond acceptors (Lipinski definition) is 6. The molecule has 46 heavy (non-hydrogen) atoms. The summed E-state index contributed by atoms with van der Waals surface area (Å²) in [6, 6.07) is 12.5. The number of ether oxygens (including phenoxy) is 1. The Kier molecular flexibility index (Phi) is 11.0. The van der Waals surface area contributed by atoms with Crippen LogP contribution in [0.3, 0.4) is 0 Å². The predicted molar refractivity (Wildman–Crippen MR) is 169 cm³/mol. The molecule has 0 aliphatic carbocycles. The van der Waals surface area contributed by atoms with Crippen molar-refractivity contribution >= 4 is 12.4 Å². The maximum absolute atomic E-state index is 13.3. The van der Waals surface area contributed by atoms with Crippen LogP contribution in [0.4, 0.5) is 13.6 Å². The summed E-state index contributed by atoms with van der Waals surface area (Å²) in [5.74, 6) is -0.545. The molecular formula is C34H39F2N7O3. The number of rotatable bonds is 7. The number of aromatic nitrogens is 4. The van der Waals surface area contributed by atoms with E-state index >= 15 is 0 Å². The molecule has 1 aliphatic rings. The normalized spacial score (nSPS) is 15.6. The summed E-state index contributed by atoms with van der Waals surface area (Å²) >= 11 is 0. The topological polar surface area (TPSA) is 89.9 Å². The molecule has 1 fully saturated rings. The number of carbonyl (C=O) groups excluding carboxylic acids is 2. The van der Waals surface area contributed by atoms with Crippen molar-refractivity contribution in [3.8, 4) is 0 Å². The molecule has 242 valence electrons. The van der Waals surface area contributed by atoms with Crippen LogP contribution in [-0.4, -0.2) is 73.1 Å². The molecule has 1 aliphatic heterocycles. The van der Waals surface area contributed by atoms with Crippen LogP contribution < -0.4 is 0 Å². The largest absolute Gasteiger partial charge is 0.444 e. The third-order valence-electron chi connectivity index (χ3n) is 7.75. The Hall–Kier alpha value is -4.89. The number of benzene rings is 2. The number of halogens is 2. The quantitative estimate of drug-likeness (QED) is 0.170. The lowest BCUT2D eigenvalue weighted by Gasteiger charge is -2.35. The molecule has 0 saturated carbocycles. The fraction of sp³-hybridized carbons (Fsp3) is 0.382. The molecule has 5 rings (SSSR count). The number of amides is 1. The number of nitrogens with zero attached hydrogens (tertiary/aromatic N) is 7. The molecule has 1 saturated heterocycles. The molecule has 3 heterocycles. The van der Waals surface area contributed by atoms with E-state index < -0.39 is 11.8 Å². The second-order valence-electron chi connectivity index (χ2n) is 12.0. The minimum Gasteiger partial charge on any atom is -0.444 e. The fourth-order valence-corrected chi connectivity index (χ4v) is 5.18. The third-order valence-corrected chi connectivity index (χ3v) is 7.75. The molecule has 3 atom stereocenters. The predicted octanol–water partition coefficient (Wildman–Crippen LogP) is 6.55. The lowest BCUT2D eigenvalue weighted by atomic mass is 10.1.